The van der Waals surface area contributed by atoms with E-state index in [0.717, 1.165) is 75.2 Å². The zero-order valence-electron chi connectivity index (χ0n) is 79.4. The summed E-state index contributed by atoms with van der Waals surface area (Å²) in [5, 5.41) is 2.13. The summed E-state index contributed by atoms with van der Waals surface area (Å²) >= 11 is 7.05. The first-order valence-electron chi connectivity index (χ1n) is 50.3. The number of rotatable bonds is 92. The van der Waals surface area contributed by atoms with E-state index in [4.69, 9.17) is 36.7 Å². The normalized spacial score (nSPS) is 13.0. The van der Waals surface area contributed by atoms with Crippen LogP contribution in [0, 0.1) is 10.8 Å². The predicted octanol–water partition coefficient (Wildman–Crippen LogP) is 34.9. The van der Waals surface area contributed by atoms with Crippen molar-refractivity contribution >= 4 is 60.9 Å². The molecule has 0 aliphatic rings. The lowest BCUT2D eigenvalue weighted by Gasteiger charge is -2.31. The number of unbranched alkanes of at least 4 members (excludes halogenated alkanes) is 54. The molecule has 10 nitrogen and oxygen atoms in total. The van der Waals surface area contributed by atoms with Gasteiger partial charge in [0, 0.05) is 37.1 Å². The highest BCUT2D eigenvalue weighted by Gasteiger charge is 2.36. The number of ether oxygens (including phenoxy) is 4. The molecule has 0 rings (SSSR count). The quantitative estimate of drug-likeness (QED) is 0.0146. The number of carbonyl (C=O) groups is 2. The van der Waals surface area contributed by atoms with Crippen molar-refractivity contribution < 1.29 is 46.2 Å². The van der Waals surface area contributed by atoms with Gasteiger partial charge in [-0.3, -0.25) is 9.59 Å². The van der Waals surface area contributed by atoms with E-state index in [0.29, 0.717) is 52.1 Å². The van der Waals surface area contributed by atoms with E-state index in [1.165, 1.54) is 360 Å². The smallest absolute Gasteiger partial charge is 0.333 e. The molecule has 0 amide bonds. The fourth-order valence-electron chi connectivity index (χ4n) is 14.5. The lowest BCUT2D eigenvalue weighted by Crippen LogP contribution is -2.41. The molecule has 0 saturated carbocycles. The van der Waals surface area contributed by atoms with Crippen molar-refractivity contribution in [1.82, 2.24) is 0 Å². The number of hydrogen-bond acceptors (Lipinski definition) is 10. The minimum atomic E-state index is -2.39. The zero-order chi connectivity index (χ0) is 85.4. The summed E-state index contributed by atoms with van der Waals surface area (Å²) in [6, 6.07) is 0. The molecule has 0 aliphatic heterocycles. The number of hydrogen-bond donors (Lipinski definition) is 0. The van der Waals surface area contributed by atoms with Crippen LogP contribution in [0.15, 0.2) is 48.6 Å². The molecule has 0 spiro atoms. The monoisotopic (exact) mass is 1800 g/mol. The second kappa shape index (κ2) is 90.3. The molecule has 0 bridgehead atoms. The van der Waals surface area contributed by atoms with Crippen LogP contribution >= 0.6 is 31.9 Å². The van der Waals surface area contributed by atoms with Gasteiger partial charge in [0.1, 0.15) is 12.6 Å². The van der Waals surface area contributed by atoms with Crippen molar-refractivity contribution in [3.05, 3.63) is 48.6 Å². The molecule has 0 aromatic heterocycles. The first-order chi connectivity index (χ1) is 56.4. The van der Waals surface area contributed by atoms with Crippen molar-refractivity contribution in [1.29, 1.82) is 0 Å². The van der Waals surface area contributed by atoms with Gasteiger partial charge in [0.05, 0.1) is 24.0 Å². The van der Waals surface area contributed by atoms with Crippen molar-refractivity contribution in [2.75, 3.05) is 50.3 Å². The lowest BCUT2D eigenvalue weighted by atomic mass is 9.88. The zero-order valence-corrected chi connectivity index (χ0v) is 84.5. The fourth-order valence-corrected chi connectivity index (χ4v) is 18.3. The van der Waals surface area contributed by atoms with Crippen molar-refractivity contribution in [3.63, 3.8) is 0 Å². The van der Waals surface area contributed by atoms with Gasteiger partial charge >= 0.3 is 29.1 Å². The maximum absolute atomic E-state index is 13.2. The Hall–Kier alpha value is -0.946. The molecule has 0 radical (unpaired) electrons. The molecule has 14 heteroatoms. The highest BCUT2D eigenvalue weighted by Crippen LogP contribution is 2.31. The highest BCUT2D eigenvalue weighted by molar-refractivity contribution is 9.09. The van der Waals surface area contributed by atoms with E-state index in [1.54, 1.807) is 0 Å². The number of allylic oxidation sites excluding steroid dienone is 8. The molecule has 2 unspecified atom stereocenters. The standard InChI is InChI=1S/2C51H99BrO5Si/c2*1-7-9-11-13-15-17-19-21-23-25-27-29-31-33-36-40-46-54-49(57-58(5,6)56-48-42-38-35-39-45-52)43-44-51(3,4)50(53)55-47-41-37-34-32-30-28-26-24-22-20-18-16-14-12-10-8-2/h2*21-24,49H,7-20,25-48H2,1-6H3/b2*23-21-,24-22-. The topological polar surface area (TPSA) is 108 Å². The SMILES string of the molecule is CCCCCCCC/C=C\CCCCCCCCOC(=O)C(C)(C)CCC(OCCCCCCCC/C=C\CCCCCCCC)O[Si](C)(C)OCCCCCCBr.CCCCCCCC/C=C\CCCCCCCCOC(=O)C(C)(C)CCC(OCCCCCCCC/C=C\CCCCCCCC)O[Si](C)(C)OCCCCCCBr. The molecular weight excluding hydrogens is 1600 g/mol. The van der Waals surface area contributed by atoms with Gasteiger partial charge in [0.2, 0.25) is 0 Å². The van der Waals surface area contributed by atoms with Crippen LogP contribution in [0.25, 0.3) is 0 Å². The van der Waals surface area contributed by atoms with E-state index in [1.807, 2.05) is 27.7 Å². The van der Waals surface area contributed by atoms with Crippen LogP contribution in [-0.2, 0) is 46.2 Å². The van der Waals surface area contributed by atoms with E-state index in [9.17, 15) is 9.59 Å². The van der Waals surface area contributed by atoms with Crippen LogP contribution in [0.4, 0.5) is 0 Å². The van der Waals surface area contributed by atoms with E-state index in [2.05, 4.69) is 134 Å². The minimum absolute atomic E-state index is 0.108. The van der Waals surface area contributed by atoms with Crippen LogP contribution in [0.1, 0.15) is 492 Å². The first kappa shape index (κ1) is 117. The van der Waals surface area contributed by atoms with Gasteiger partial charge in [0.15, 0.2) is 0 Å². The molecule has 2 atom stereocenters. The van der Waals surface area contributed by atoms with Gasteiger partial charge in [0.25, 0.3) is 0 Å². The maximum atomic E-state index is 13.2. The summed E-state index contributed by atoms with van der Waals surface area (Å²) in [6.45, 7) is 29.5. The Labute approximate surface area is 742 Å². The minimum Gasteiger partial charge on any atom is -0.465 e. The summed E-state index contributed by atoms with van der Waals surface area (Å²) < 4.78 is 50.2. The van der Waals surface area contributed by atoms with Gasteiger partial charge in [-0.25, -0.2) is 0 Å². The molecular formula is C102H198Br2O10Si2. The number of alkyl halides is 2. The lowest BCUT2D eigenvalue weighted by molar-refractivity contribution is -0.157. The Morgan fingerprint density at radius 3 is 0.681 bits per heavy atom. The molecule has 0 aliphatic carbocycles. The summed E-state index contributed by atoms with van der Waals surface area (Å²) in [5.41, 5.74) is -1.17. The van der Waals surface area contributed by atoms with Crippen LogP contribution in [0.5, 0.6) is 0 Å². The largest absolute Gasteiger partial charge is 0.465 e. The Morgan fingerprint density at radius 1 is 0.267 bits per heavy atom. The van der Waals surface area contributed by atoms with Crippen LogP contribution in [0.2, 0.25) is 26.2 Å². The molecule has 688 valence electrons. The predicted molar refractivity (Wildman–Crippen MR) is 519 cm³/mol. The van der Waals surface area contributed by atoms with Crippen molar-refractivity contribution in [2.45, 2.75) is 531 Å². The molecule has 0 aromatic rings. The third kappa shape index (κ3) is 87.9. The van der Waals surface area contributed by atoms with E-state index in [-0.39, 0.29) is 24.5 Å². The fraction of sp³-hybridized carbons (Fsp3) is 0.902. The van der Waals surface area contributed by atoms with Crippen molar-refractivity contribution in [3.8, 4) is 0 Å². The number of halogens is 2. The highest BCUT2D eigenvalue weighted by atomic mass is 79.9. The summed E-state index contributed by atoms with van der Waals surface area (Å²) in [7, 11) is -4.77. The van der Waals surface area contributed by atoms with Crippen LogP contribution < -0.4 is 0 Å². The summed E-state index contributed by atoms with van der Waals surface area (Å²) in [6.07, 6.45) is 102. The number of carbonyl (C=O) groups excluding carboxylic acids is 2. The summed E-state index contributed by atoms with van der Waals surface area (Å²) in [5.74, 6) is -0.216. The Kier molecular flexibility index (Phi) is 91.2. The Balaban J connectivity index is 0. The van der Waals surface area contributed by atoms with Gasteiger partial charge in [-0.05, 0) is 234 Å². The van der Waals surface area contributed by atoms with Gasteiger partial charge in [-0.2, -0.15) is 0 Å². The Morgan fingerprint density at radius 2 is 0.457 bits per heavy atom. The van der Waals surface area contributed by atoms with Gasteiger partial charge in [-0.15, -0.1) is 0 Å². The molecule has 0 fully saturated rings. The molecule has 0 heterocycles. The van der Waals surface area contributed by atoms with E-state index < -0.39 is 28.0 Å². The average Bonchev–Trinajstić information content (AvgIpc) is 0.874. The third-order valence-corrected chi connectivity index (χ3v) is 27.2. The second-order valence-electron chi connectivity index (χ2n) is 36.4. The average molecular weight is 1800 g/mol. The maximum Gasteiger partial charge on any atom is 0.333 e. The molecule has 0 saturated heterocycles. The van der Waals surface area contributed by atoms with E-state index >= 15 is 0 Å². The van der Waals surface area contributed by atoms with Gasteiger partial charge in [-0.1, -0.05) is 365 Å². The first-order valence-corrected chi connectivity index (χ1v) is 58.2. The molecule has 0 N–H and O–H groups in total. The van der Waals surface area contributed by atoms with Crippen LogP contribution in [-0.4, -0.2) is 91.9 Å². The van der Waals surface area contributed by atoms with Crippen molar-refractivity contribution in [2.24, 2.45) is 10.8 Å². The Bertz CT molecular complexity index is 1990. The summed E-state index contributed by atoms with van der Waals surface area (Å²) in [4.78, 5) is 26.3. The molecule has 0 aromatic carbocycles. The van der Waals surface area contributed by atoms with Gasteiger partial charge < -0.3 is 36.7 Å². The second-order valence-corrected chi connectivity index (χ2v) is 44.6. The third-order valence-electron chi connectivity index (χ3n) is 22.6. The van der Waals surface area contributed by atoms with Crippen LogP contribution in [0.3, 0.4) is 0 Å². The molecule has 116 heavy (non-hydrogen) atoms. The number of esters is 2.